The van der Waals surface area contributed by atoms with E-state index in [4.69, 9.17) is 0 Å². The second kappa shape index (κ2) is 10.1. The van der Waals surface area contributed by atoms with E-state index in [2.05, 4.69) is 29.1 Å². The fourth-order valence-corrected chi connectivity index (χ4v) is 5.46. The Hall–Kier alpha value is -1.56. The lowest BCUT2D eigenvalue weighted by Gasteiger charge is -2.42. The molecule has 1 aliphatic heterocycles. The zero-order valence-corrected chi connectivity index (χ0v) is 17.9. The largest absolute Gasteiger partial charge is 0.356 e. The number of likely N-dealkylation sites (tertiary alicyclic amines) is 1. The zero-order chi connectivity index (χ0) is 19.8. The smallest absolute Gasteiger partial charge is 0.193 e. The first-order chi connectivity index (χ1) is 12.9. The maximum absolute atomic E-state index is 12.3. The molecule has 1 N–H and O–H groups in total. The van der Waals surface area contributed by atoms with E-state index in [9.17, 15) is 8.42 Å². The first-order valence-corrected chi connectivity index (χ1v) is 11.9. The van der Waals surface area contributed by atoms with Crippen molar-refractivity contribution >= 4 is 15.8 Å². The molecule has 0 radical (unpaired) electrons. The fraction of sp³-hybridized carbons (Fsp3) is 0.667. The molecule has 0 aromatic heterocycles. The van der Waals surface area contributed by atoms with Crippen LogP contribution < -0.4 is 5.32 Å². The Morgan fingerprint density at radius 2 is 2.04 bits per heavy atom. The molecule has 1 aliphatic rings. The number of aliphatic imine (C=N–C) groups is 1. The van der Waals surface area contributed by atoms with E-state index < -0.39 is 9.84 Å². The molecule has 1 heterocycles. The van der Waals surface area contributed by atoms with Gasteiger partial charge in [-0.2, -0.15) is 0 Å². The third-order valence-electron chi connectivity index (χ3n) is 5.29. The van der Waals surface area contributed by atoms with Crippen molar-refractivity contribution in [2.45, 2.75) is 51.7 Å². The Morgan fingerprint density at radius 1 is 1.30 bits per heavy atom. The fourth-order valence-electron chi connectivity index (χ4n) is 4.03. The first-order valence-electron chi connectivity index (χ1n) is 10.1. The lowest BCUT2D eigenvalue weighted by molar-refractivity contribution is 0.142. The van der Waals surface area contributed by atoms with Gasteiger partial charge in [0, 0.05) is 26.7 Å². The van der Waals surface area contributed by atoms with Crippen LogP contribution in [0.1, 0.15) is 51.5 Å². The van der Waals surface area contributed by atoms with Crippen molar-refractivity contribution in [1.29, 1.82) is 0 Å². The number of piperidine rings is 1. The lowest BCUT2D eigenvalue weighted by atomic mass is 9.78. The average Bonchev–Trinajstić information content (AvgIpc) is 2.62. The van der Waals surface area contributed by atoms with Gasteiger partial charge in [0.2, 0.25) is 0 Å². The van der Waals surface area contributed by atoms with Gasteiger partial charge in [0.05, 0.1) is 11.5 Å². The van der Waals surface area contributed by atoms with Gasteiger partial charge in [-0.25, -0.2) is 8.42 Å². The van der Waals surface area contributed by atoms with Crippen LogP contribution in [-0.4, -0.2) is 51.7 Å². The molecule has 0 saturated carbocycles. The quantitative estimate of drug-likeness (QED) is 0.417. The molecule has 1 fully saturated rings. The molecule has 6 heteroatoms. The molecular weight excluding hydrogens is 358 g/mol. The topological polar surface area (TPSA) is 61.8 Å². The Balaban J connectivity index is 1.79. The predicted molar refractivity (Wildman–Crippen MR) is 114 cm³/mol. The number of nitrogens with zero attached hydrogens (tertiary/aromatic N) is 2. The highest BCUT2D eigenvalue weighted by Crippen LogP contribution is 2.33. The summed E-state index contributed by atoms with van der Waals surface area (Å²) in [4.78, 5) is 6.75. The summed E-state index contributed by atoms with van der Waals surface area (Å²) in [6.45, 7) is 7.28. The van der Waals surface area contributed by atoms with Crippen LogP contribution in [0.25, 0.3) is 0 Å². The van der Waals surface area contributed by atoms with E-state index in [1.54, 1.807) is 7.05 Å². The first kappa shape index (κ1) is 21.7. The molecule has 0 spiro atoms. The molecule has 1 saturated heterocycles. The summed E-state index contributed by atoms with van der Waals surface area (Å²) in [5.41, 5.74) is 1.20. The van der Waals surface area contributed by atoms with Crippen molar-refractivity contribution in [1.82, 2.24) is 10.2 Å². The summed E-state index contributed by atoms with van der Waals surface area (Å²) >= 11 is 0. The van der Waals surface area contributed by atoms with Gasteiger partial charge in [-0.05, 0) is 36.7 Å². The van der Waals surface area contributed by atoms with Crippen molar-refractivity contribution in [2.24, 2.45) is 10.4 Å². The van der Waals surface area contributed by atoms with Gasteiger partial charge in [0.1, 0.15) is 0 Å². The van der Waals surface area contributed by atoms with Crippen molar-refractivity contribution < 1.29 is 8.42 Å². The molecule has 2 rings (SSSR count). The molecule has 1 aromatic rings. The van der Waals surface area contributed by atoms with Crippen LogP contribution in [0, 0.1) is 5.41 Å². The maximum atomic E-state index is 12.3. The number of guanidine groups is 1. The Morgan fingerprint density at radius 3 is 2.70 bits per heavy atom. The van der Waals surface area contributed by atoms with Crippen molar-refractivity contribution in [3.63, 3.8) is 0 Å². The molecule has 5 nitrogen and oxygen atoms in total. The van der Waals surface area contributed by atoms with E-state index in [0.717, 1.165) is 24.6 Å². The third kappa shape index (κ3) is 7.17. The predicted octanol–water partition coefficient (Wildman–Crippen LogP) is 3.47. The Bertz CT molecular complexity index is 699. The average molecular weight is 394 g/mol. The number of hydrogen-bond donors (Lipinski definition) is 1. The highest BCUT2D eigenvalue weighted by molar-refractivity contribution is 7.90. The summed E-state index contributed by atoms with van der Waals surface area (Å²) in [6.07, 6.45) is 5.48. The van der Waals surface area contributed by atoms with Gasteiger partial charge < -0.3 is 10.2 Å². The number of hydrogen-bond acceptors (Lipinski definition) is 3. The lowest BCUT2D eigenvalue weighted by Crippen LogP contribution is -2.50. The molecule has 0 aliphatic carbocycles. The summed E-state index contributed by atoms with van der Waals surface area (Å²) < 4.78 is 24.6. The molecule has 0 amide bonds. The van der Waals surface area contributed by atoms with Crippen LogP contribution in [0.5, 0.6) is 0 Å². The summed E-state index contributed by atoms with van der Waals surface area (Å²) in [6, 6.07) is 9.38. The van der Waals surface area contributed by atoms with Gasteiger partial charge in [0.25, 0.3) is 0 Å². The van der Waals surface area contributed by atoms with Crippen molar-refractivity contribution in [3.8, 4) is 0 Å². The minimum atomic E-state index is -3.08. The van der Waals surface area contributed by atoms with Crippen molar-refractivity contribution in [2.75, 3.05) is 32.4 Å². The van der Waals surface area contributed by atoms with Crippen LogP contribution in [0.2, 0.25) is 0 Å². The second-order valence-corrected chi connectivity index (χ2v) is 10.2. The normalized spacial score (nSPS) is 21.3. The molecule has 1 unspecified atom stereocenters. The number of nitrogens with one attached hydrogen (secondary N) is 1. The van der Waals surface area contributed by atoms with E-state index in [1.807, 2.05) is 30.3 Å². The third-order valence-corrected chi connectivity index (χ3v) is 6.97. The summed E-state index contributed by atoms with van der Waals surface area (Å²) in [5, 5.41) is 3.37. The second-order valence-electron chi connectivity index (χ2n) is 7.99. The highest BCUT2D eigenvalue weighted by Gasteiger charge is 2.31. The van der Waals surface area contributed by atoms with Gasteiger partial charge in [-0.3, -0.25) is 4.99 Å². The molecular formula is C21H35N3O2S. The van der Waals surface area contributed by atoms with Crippen molar-refractivity contribution in [3.05, 3.63) is 35.9 Å². The van der Waals surface area contributed by atoms with Gasteiger partial charge in [0.15, 0.2) is 15.8 Å². The van der Waals surface area contributed by atoms with E-state index >= 15 is 0 Å². The van der Waals surface area contributed by atoms with E-state index in [-0.39, 0.29) is 11.5 Å². The SMILES string of the molecule is CCCC1(C)CCCN(C(=NC)NCCCS(=O)(=O)Cc2ccccc2)C1. The maximum Gasteiger partial charge on any atom is 0.193 e. The standard InChI is InChI=1S/C21H35N3O2S/c1-4-12-21(2)13-8-15-24(18-21)20(22-3)23-14-9-16-27(25,26)17-19-10-6-5-7-11-19/h5-7,10-11H,4,8-9,12-18H2,1-3H3,(H,22,23). The van der Waals surface area contributed by atoms with E-state index in [1.165, 1.54) is 25.7 Å². The van der Waals surface area contributed by atoms with Crippen LogP contribution in [0.3, 0.4) is 0 Å². The minimum Gasteiger partial charge on any atom is -0.356 e. The van der Waals surface area contributed by atoms with Gasteiger partial charge >= 0.3 is 0 Å². The van der Waals surface area contributed by atoms with E-state index in [0.29, 0.717) is 18.4 Å². The van der Waals surface area contributed by atoms with Crippen LogP contribution >= 0.6 is 0 Å². The Labute approximate surface area is 165 Å². The van der Waals surface area contributed by atoms with Crippen LogP contribution in [0.15, 0.2) is 35.3 Å². The zero-order valence-electron chi connectivity index (χ0n) is 17.1. The van der Waals surface area contributed by atoms with Gasteiger partial charge in [-0.1, -0.05) is 50.6 Å². The molecule has 152 valence electrons. The Kier molecular flexibility index (Phi) is 8.14. The number of rotatable bonds is 8. The molecule has 1 atom stereocenters. The monoisotopic (exact) mass is 393 g/mol. The van der Waals surface area contributed by atoms with Crippen LogP contribution in [0.4, 0.5) is 0 Å². The van der Waals surface area contributed by atoms with Gasteiger partial charge in [-0.15, -0.1) is 0 Å². The van der Waals surface area contributed by atoms with Crippen LogP contribution in [-0.2, 0) is 15.6 Å². The molecule has 27 heavy (non-hydrogen) atoms. The summed E-state index contributed by atoms with van der Waals surface area (Å²) in [7, 11) is -1.28. The molecule has 0 bridgehead atoms. The number of benzene rings is 1. The highest BCUT2D eigenvalue weighted by atomic mass is 32.2. The molecule has 1 aromatic carbocycles. The minimum absolute atomic E-state index is 0.115. The summed E-state index contributed by atoms with van der Waals surface area (Å²) in [5.74, 6) is 1.21. The number of sulfone groups is 1.